The summed E-state index contributed by atoms with van der Waals surface area (Å²) in [5.41, 5.74) is 1.93. The van der Waals surface area contributed by atoms with Crippen molar-refractivity contribution < 1.29 is 22.3 Å². The molecule has 0 fully saturated rings. The Morgan fingerprint density at radius 2 is 1.70 bits per heavy atom. The first-order valence-corrected chi connectivity index (χ1v) is 10.0. The summed E-state index contributed by atoms with van der Waals surface area (Å²) in [5, 5.41) is 0. The molecule has 0 radical (unpaired) electrons. The van der Waals surface area contributed by atoms with Crippen LogP contribution in [0.1, 0.15) is 34.7 Å². The molecule has 0 saturated heterocycles. The van der Waals surface area contributed by atoms with Gasteiger partial charge >= 0.3 is 6.18 Å². The van der Waals surface area contributed by atoms with Crippen LogP contribution in [0.4, 0.5) is 13.2 Å². The van der Waals surface area contributed by atoms with Gasteiger partial charge in [-0.05, 0) is 60.7 Å². The maximum atomic E-state index is 12.6. The first-order valence-electron chi connectivity index (χ1n) is 9.51. The van der Waals surface area contributed by atoms with Gasteiger partial charge in [0.05, 0.1) is 17.9 Å². The molecule has 3 aromatic rings. The number of oxazole rings is 1. The van der Waals surface area contributed by atoms with Crippen molar-refractivity contribution >= 4 is 23.8 Å². The van der Waals surface area contributed by atoms with Gasteiger partial charge in [-0.25, -0.2) is 4.98 Å². The molecule has 2 aromatic carbocycles. The Kier molecular flexibility index (Phi) is 7.57. The highest BCUT2D eigenvalue weighted by molar-refractivity contribution is 6.17. The Morgan fingerprint density at radius 3 is 2.37 bits per heavy atom. The van der Waals surface area contributed by atoms with E-state index >= 15 is 0 Å². The molecule has 3 rings (SSSR count). The van der Waals surface area contributed by atoms with Gasteiger partial charge in [-0.15, -0.1) is 11.6 Å². The summed E-state index contributed by atoms with van der Waals surface area (Å²) in [4.78, 5) is 4.39. The van der Waals surface area contributed by atoms with Crippen molar-refractivity contribution in [3.8, 4) is 5.75 Å². The van der Waals surface area contributed by atoms with Crippen LogP contribution in [-0.2, 0) is 19.0 Å². The molecule has 0 aliphatic heterocycles. The second-order valence-corrected chi connectivity index (χ2v) is 7.04. The summed E-state index contributed by atoms with van der Waals surface area (Å²) < 4.78 is 48.8. The summed E-state index contributed by atoms with van der Waals surface area (Å²) in [6.45, 7) is 0.602. The molecule has 0 aliphatic carbocycles. The van der Waals surface area contributed by atoms with E-state index < -0.39 is 11.7 Å². The van der Waals surface area contributed by atoms with Crippen molar-refractivity contribution in [2.24, 2.45) is 0 Å². The van der Waals surface area contributed by atoms with E-state index in [9.17, 15) is 13.2 Å². The van der Waals surface area contributed by atoms with Gasteiger partial charge in [0.15, 0.2) is 0 Å². The average molecular weight is 436 g/mol. The van der Waals surface area contributed by atoms with Crippen molar-refractivity contribution in [3.63, 3.8) is 0 Å². The Hall–Kier alpha value is -2.73. The number of aryl methyl sites for hydroxylation is 2. The Labute approximate surface area is 178 Å². The molecule has 7 heteroatoms. The van der Waals surface area contributed by atoms with Gasteiger partial charge in [0.1, 0.15) is 12.0 Å². The van der Waals surface area contributed by atoms with E-state index in [1.165, 1.54) is 12.1 Å². The number of hydrogen-bond donors (Lipinski definition) is 0. The van der Waals surface area contributed by atoms with Crippen LogP contribution in [0.15, 0.2) is 59.2 Å². The van der Waals surface area contributed by atoms with E-state index in [2.05, 4.69) is 4.98 Å². The van der Waals surface area contributed by atoms with Gasteiger partial charge in [-0.1, -0.05) is 24.3 Å². The van der Waals surface area contributed by atoms with E-state index in [4.69, 9.17) is 20.8 Å². The van der Waals surface area contributed by atoms with Crippen LogP contribution in [0.5, 0.6) is 5.75 Å². The van der Waals surface area contributed by atoms with Crippen LogP contribution in [0, 0.1) is 0 Å². The van der Waals surface area contributed by atoms with Crippen LogP contribution >= 0.6 is 11.6 Å². The SMILES string of the molecule is FC(F)(F)c1ccc(/C=C/c2nc(CCc3ccc(OCCCCl)cc3)co2)cc1. The second kappa shape index (κ2) is 10.3. The van der Waals surface area contributed by atoms with E-state index in [-0.39, 0.29) is 0 Å². The highest BCUT2D eigenvalue weighted by atomic mass is 35.5. The van der Waals surface area contributed by atoms with Crippen molar-refractivity contribution in [3.05, 3.63) is 83.1 Å². The van der Waals surface area contributed by atoms with Gasteiger partial charge in [0.25, 0.3) is 0 Å². The molecule has 0 atom stereocenters. The maximum Gasteiger partial charge on any atom is 0.416 e. The van der Waals surface area contributed by atoms with Gasteiger partial charge in [-0.3, -0.25) is 0 Å². The molecule has 1 heterocycles. The molecule has 30 heavy (non-hydrogen) atoms. The molecule has 0 N–H and O–H groups in total. The standard InChI is InChI=1S/C23H21ClF3NO2/c24-14-1-15-29-21-11-5-18(6-12-21)4-10-20-16-30-22(28-20)13-7-17-2-8-19(9-3-17)23(25,26)27/h2-3,5-9,11-13,16H,1,4,10,14-15H2/b13-7+. The fourth-order valence-corrected chi connectivity index (χ4v) is 2.84. The predicted molar refractivity (Wildman–Crippen MR) is 112 cm³/mol. The molecule has 0 bridgehead atoms. The lowest BCUT2D eigenvalue weighted by Gasteiger charge is -2.06. The number of nitrogens with zero attached hydrogens (tertiary/aromatic N) is 1. The largest absolute Gasteiger partial charge is 0.494 e. The highest BCUT2D eigenvalue weighted by Gasteiger charge is 2.29. The fraction of sp³-hybridized carbons (Fsp3) is 0.261. The third-order valence-corrected chi connectivity index (χ3v) is 4.63. The quantitative estimate of drug-likeness (QED) is 0.278. The minimum Gasteiger partial charge on any atom is -0.494 e. The van der Waals surface area contributed by atoms with Crippen LogP contribution < -0.4 is 4.74 Å². The number of benzene rings is 2. The zero-order valence-electron chi connectivity index (χ0n) is 16.2. The lowest BCUT2D eigenvalue weighted by Crippen LogP contribution is -2.03. The monoisotopic (exact) mass is 435 g/mol. The third kappa shape index (κ3) is 6.66. The molecule has 0 saturated carbocycles. The van der Waals surface area contributed by atoms with Gasteiger partial charge in [0.2, 0.25) is 5.89 Å². The minimum atomic E-state index is -4.34. The van der Waals surface area contributed by atoms with E-state index in [1.807, 2.05) is 24.3 Å². The van der Waals surface area contributed by atoms with Gasteiger partial charge in [0, 0.05) is 12.0 Å². The number of aromatic nitrogens is 1. The first-order chi connectivity index (χ1) is 14.4. The van der Waals surface area contributed by atoms with E-state index in [0.717, 1.165) is 42.0 Å². The lowest BCUT2D eigenvalue weighted by molar-refractivity contribution is -0.137. The molecular formula is C23H21ClF3NO2. The molecule has 3 nitrogen and oxygen atoms in total. The van der Waals surface area contributed by atoms with Crippen molar-refractivity contribution in [2.75, 3.05) is 12.5 Å². The van der Waals surface area contributed by atoms with Gasteiger partial charge < -0.3 is 9.15 Å². The van der Waals surface area contributed by atoms with E-state index in [0.29, 0.717) is 30.4 Å². The van der Waals surface area contributed by atoms with Crippen molar-refractivity contribution in [2.45, 2.75) is 25.4 Å². The lowest BCUT2D eigenvalue weighted by atomic mass is 10.1. The normalized spacial score (nSPS) is 11.9. The molecule has 1 aromatic heterocycles. The van der Waals surface area contributed by atoms with Crippen molar-refractivity contribution in [1.29, 1.82) is 0 Å². The smallest absolute Gasteiger partial charge is 0.416 e. The Balaban J connectivity index is 1.51. The van der Waals surface area contributed by atoms with Crippen LogP contribution in [0.3, 0.4) is 0 Å². The number of rotatable bonds is 9. The third-order valence-electron chi connectivity index (χ3n) is 4.37. The van der Waals surface area contributed by atoms with Crippen LogP contribution in [0.2, 0.25) is 0 Å². The van der Waals surface area contributed by atoms with E-state index in [1.54, 1.807) is 18.4 Å². The Morgan fingerprint density at radius 1 is 0.967 bits per heavy atom. The summed E-state index contributed by atoms with van der Waals surface area (Å²) in [7, 11) is 0. The first kappa shape index (κ1) is 22.0. The summed E-state index contributed by atoms with van der Waals surface area (Å²) in [6.07, 6.45) is 2.89. The zero-order valence-corrected chi connectivity index (χ0v) is 16.9. The number of halogens is 4. The maximum absolute atomic E-state index is 12.6. The van der Waals surface area contributed by atoms with Crippen LogP contribution in [0.25, 0.3) is 12.2 Å². The van der Waals surface area contributed by atoms with Gasteiger partial charge in [-0.2, -0.15) is 13.2 Å². The van der Waals surface area contributed by atoms with Crippen molar-refractivity contribution in [1.82, 2.24) is 4.98 Å². The molecule has 0 amide bonds. The zero-order chi connectivity index (χ0) is 21.4. The second-order valence-electron chi connectivity index (χ2n) is 6.67. The average Bonchev–Trinajstić information content (AvgIpc) is 3.19. The minimum absolute atomic E-state index is 0.410. The Bertz CT molecular complexity index is 948. The fourth-order valence-electron chi connectivity index (χ4n) is 2.73. The number of alkyl halides is 4. The predicted octanol–water partition coefficient (Wildman–Crippen LogP) is 6.66. The number of hydrogen-bond acceptors (Lipinski definition) is 3. The summed E-state index contributed by atoms with van der Waals surface area (Å²) in [6, 6.07) is 12.8. The molecule has 0 unspecified atom stereocenters. The molecular weight excluding hydrogens is 415 g/mol. The molecule has 0 spiro atoms. The number of ether oxygens (including phenoxy) is 1. The van der Waals surface area contributed by atoms with Crippen LogP contribution in [-0.4, -0.2) is 17.5 Å². The highest BCUT2D eigenvalue weighted by Crippen LogP contribution is 2.29. The summed E-state index contributed by atoms with van der Waals surface area (Å²) in [5.74, 6) is 1.81. The topological polar surface area (TPSA) is 35.3 Å². The summed E-state index contributed by atoms with van der Waals surface area (Å²) >= 11 is 5.63. The molecule has 0 aliphatic rings. The molecule has 158 valence electrons.